The van der Waals surface area contributed by atoms with Crippen molar-refractivity contribution < 1.29 is 27.8 Å². The molecule has 1 amide bonds. The average molecular weight is 502 g/mol. The van der Waals surface area contributed by atoms with Crippen LogP contribution >= 0.6 is 12.2 Å². The first-order valence-corrected chi connectivity index (χ1v) is 10.9. The van der Waals surface area contributed by atoms with E-state index in [1.54, 1.807) is 13.8 Å². The Balaban J connectivity index is 1.85. The third kappa shape index (κ3) is 6.74. The number of anilines is 3. The van der Waals surface area contributed by atoms with E-state index in [1.165, 1.54) is 24.3 Å². The van der Waals surface area contributed by atoms with E-state index < -0.39 is 40.9 Å². The molecule has 0 aromatic heterocycles. The normalized spacial score (nSPS) is 14.5. The van der Waals surface area contributed by atoms with Gasteiger partial charge in [0.1, 0.15) is 11.8 Å². The molecule has 0 spiro atoms. The molecule has 2 N–H and O–H groups in total. The number of cyclic esters (lactones) is 1. The molecule has 182 valence electrons. The number of hydrogen-bond acceptors (Lipinski definition) is 7. The summed E-state index contributed by atoms with van der Waals surface area (Å²) in [5.41, 5.74) is -1.13. The maximum Gasteiger partial charge on any atom is 0.414 e. The van der Waals surface area contributed by atoms with Crippen molar-refractivity contribution in [1.82, 2.24) is 5.32 Å². The Morgan fingerprint density at radius 1 is 1.26 bits per heavy atom. The molecule has 0 radical (unpaired) electrons. The third-order valence-corrected chi connectivity index (χ3v) is 4.87. The number of nitrogens with zero attached hydrogens (tertiary/aromatic N) is 1. The minimum Gasteiger partial charge on any atom is -0.456 e. The number of hydrogen-bond donors (Lipinski definition) is 2. The predicted molar refractivity (Wildman–Crippen MR) is 130 cm³/mol. The van der Waals surface area contributed by atoms with Gasteiger partial charge in [0.25, 0.3) is 0 Å². The molecule has 1 fully saturated rings. The van der Waals surface area contributed by atoms with Crippen molar-refractivity contribution >= 4 is 46.3 Å². The van der Waals surface area contributed by atoms with Gasteiger partial charge in [-0.3, -0.25) is 9.69 Å². The summed E-state index contributed by atoms with van der Waals surface area (Å²) in [4.78, 5) is 37.6. The number of amides is 1. The molecule has 11 heteroatoms. The molecule has 0 saturated carbocycles. The predicted octanol–water partition coefficient (Wildman–Crippen LogP) is 3.25. The zero-order valence-corrected chi connectivity index (χ0v) is 19.6. The van der Waals surface area contributed by atoms with Gasteiger partial charge in [-0.1, -0.05) is 24.2 Å². The van der Waals surface area contributed by atoms with Crippen LogP contribution in [-0.2, 0) is 14.3 Å². The number of ether oxygens (including phenoxy) is 2. The molecule has 8 nitrogen and oxygen atoms in total. The fourth-order valence-electron chi connectivity index (χ4n) is 3.14. The number of rotatable bonds is 6. The molecule has 2 aromatic rings. The first kappa shape index (κ1) is 25.6. The first-order valence-electron chi connectivity index (χ1n) is 10.5. The summed E-state index contributed by atoms with van der Waals surface area (Å²) in [6, 6.07) is 7.22. The van der Waals surface area contributed by atoms with Gasteiger partial charge in [-0.25, -0.2) is 18.4 Å². The van der Waals surface area contributed by atoms with Crippen LogP contribution in [0, 0.1) is 23.5 Å². The van der Waals surface area contributed by atoms with E-state index in [2.05, 4.69) is 22.5 Å². The molecule has 0 aliphatic carbocycles. The lowest BCUT2D eigenvalue weighted by Gasteiger charge is -2.16. The number of carbonyl (C=O) groups is 2. The van der Waals surface area contributed by atoms with Gasteiger partial charge in [0, 0.05) is 23.6 Å². The SMILES string of the molecule is CCOC(=O)C#Cc1cccc(=O)c(Nc2c(F)cc(N3C[C@H](CNC(C)=S)OC3=O)cc2F)c1. The van der Waals surface area contributed by atoms with Crippen LogP contribution in [0.2, 0.25) is 0 Å². The Kier molecular flexibility index (Phi) is 8.33. The van der Waals surface area contributed by atoms with E-state index in [0.29, 0.717) is 4.99 Å². The second-order valence-electron chi connectivity index (χ2n) is 7.34. The molecule has 1 aliphatic heterocycles. The highest BCUT2D eigenvalue weighted by Gasteiger charge is 2.33. The van der Waals surface area contributed by atoms with Gasteiger partial charge in [-0.2, -0.15) is 0 Å². The molecular formula is C24H21F2N3O5S. The maximum absolute atomic E-state index is 14.9. The van der Waals surface area contributed by atoms with Crippen molar-refractivity contribution in [2.24, 2.45) is 0 Å². The third-order valence-electron chi connectivity index (χ3n) is 4.72. The fraction of sp³-hybridized carbons (Fsp3) is 0.250. The zero-order chi connectivity index (χ0) is 25.5. The second kappa shape index (κ2) is 11.4. The number of nitrogens with one attached hydrogen (secondary N) is 2. The summed E-state index contributed by atoms with van der Waals surface area (Å²) in [6.07, 6.45) is -1.30. The molecule has 0 bridgehead atoms. The van der Waals surface area contributed by atoms with Crippen LogP contribution < -0.4 is 21.0 Å². The Hall–Kier alpha value is -4.04. The summed E-state index contributed by atoms with van der Waals surface area (Å²) >= 11 is 4.92. The first-order chi connectivity index (χ1) is 16.7. The quantitative estimate of drug-likeness (QED) is 0.354. The summed E-state index contributed by atoms with van der Waals surface area (Å²) in [5.74, 6) is 1.98. The Morgan fingerprint density at radius 2 is 1.97 bits per heavy atom. The Labute approximate surface area is 205 Å². The van der Waals surface area contributed by atoms with E-state index in [0.717, 1.165) is 17.0 Å². The molecule has 1 heterocycles. The van der Waals surface area contributed by atoms with Crippen molar-refractivity contribution in [3.05, 3.63) is 63.8 Å². The van der Waals surface area contributed by atoms with Gasteiger partial charge < -0.3 is 20.1 Å². The minimum absolute atomic E-state index is 0.0425. The molecule has 35 heavy (non-hydrogen) atoms. The van der Waals surface area contributed by atoms with E-state index >= 15 is 0 Å². The van der Waals surface area contributed by atoms with Gasteiger partial charge in [0.05, 0.1) is 36.1 Å². The summed E-state index contributed by atoms with van der Waals surface area (Å²) in [7, 11) is 0. The van der Waals surface area contributed by atoms with Crippen LogP contribution in [0.1, 0.15) is 19.4 Å². The van der Waals surface area contributed by atoms with Gasteiger partial charge in [-0.05, 0) is 32.0 Å². The Bertz CT molecular complexity index is 1270. The summed E-state index contributed by atoms with van der Waals surface area (Å²) < 4.78 is 39.7. The van der Waals surface area contributed by atoms with Crippen LogP contribution in [0.3, 0.4) is 0 Å². The lowest BCUT2D eigenvalue weighted by atomic mass is 10.2. The smallest absolute Gasteiger partial charge is 0.414 e. The van der Waals surface area contributed by atoms with Crippen LogP contribution in [-0.4, -0.2) is 42.9 Å². The molecule has 1 saturated heterocycles. The van der Waals surface area contributed by atoms with Crippen LogP contribution in [0.15, 0.2) is 41.2 Å². The van der Waals surface area contributed by atoms with E-state index in [9.17, 15) is 23.2 Å². The maximum atomic E-state index is 14.9. The van der Waals surface area contributed by atoms with E-state index in [1.807, 2.05) is 0 Å². The number of benzene rings is 1. The summed E-state index contributed by atoms with van der Waals surface area (Å²) in [5, 5.41) is 5.32. The van der Waals surface area contributed by atoms with Crippen LogP contribution in [0.5, 0.6) is 0 Å². The zero-order valence-electron chi connectivity index (χ0n) is 18.8. The molecule has 2 aromatic carbocycles. The van der Waals surface area contributed by atoms with E-state index in [-0.39, 0.29) is 36.6 Å². The van der Waals surface area contributed by atoms with Crippen LogP contribution in [0.4, 0.5) is 30.6 Å². The summed E-state index contributed by atoms with van der Waals surface area (Å²) in [6.45, 7) is 3.80. The number of halogens is 2. The van der Waals surface area contributed by atoms with Crippen molar-refractivity contribution in [3.8, 4) is 11.8 Å². The molecule has 3 rings (SSSR count). The second-order valence-corrected chi connectivity index (χ2v) is 7.95. The largest absolute Gasteiger partial charge is 0.456 e. The number of thiocarbonyl (C=S) groups is 1. The molecule has 1 aliphatic rings. The molecule has 0 unspecified atom stereocenters. The highest BCUT2D eigenvalue weighted by molar-refractivity contribution is 7.80. The van der Waals surface area contributed by atoms with Crippen molar-refractivity contribution in [3.63, 3.8) is 0 Å². The fourth-order valence-corrected chi connectivity index (χ4v) is 3.22. The van der Waals surface area contributed by atoms with Crippen LogP contribution in [0.25, 0.3) is 0 Å². The van der Waals surface area contributed by atoms with Crippen molar-refractivity contribution in [1.29, 1.82) is 0 Å². The topological polar surface area (TPSA) is 97.0 Å². The highest BCUT2D eigenvalue weighted by atomic mass is 32.1. The van der Waals surface area contributed by atoms with Crippen molar-refractivity contribution in [2.45, 2.75) is 20.0 Å². The monoisotopic (exact) mass is 501 g/mol. The standard InChI is InChI=1S/C24H21F2N3O5S/c1-3-33-22(31)8-7-15-5-4-6-21(30)20(9-15)28-23-18(25)10-16(11-19(23)26)29-13-17(34-24(29)32)12-27-14(2)35/h4-6,9-11,17H,3,12-13H2,1-2H3,(H,27,35)(H,28,30)/t17-/m0/s1. The lowest BCUT2D eigenvalue weighted by Crippen LogP contribution is -2.32. The van der Waals surface area contributed by atoms with Gasteiger partial charge in [-0.15, -0.1) is 0 Å². The number of esters is 1. The average Bonchev–Trinajstić information content (AvgIpc) is 3.07. The molecular weight excluding hydrogens is 480 g/mol. The van der Waals surface area contributed by atoms with Gasteiger partial charge >= 0.3 is 12.1 Å². The Morgan fingerprint density at radius 3 is 2.63 bits per heavy atom. The molecule has 1 atom stereocenters. The highest BCUT2D eigenvalue weighted by Crippen LogP contribution is 2.30. The number of carbonyl (C=O) groups excluding carboxylic acids is 2. The van der Waals surface area contributed by atoms with E-state index in [4.69, 9.17) is 21.7 Å². The van der Waals surface area contributed by atoms with Gasteiger partial charge in [0.15, 0.2) is 11.6 Å². The van der Waals surface area contributed by atoms with Gasteiger partial charge in [0.2, 0.25) is 5.43 Å². The van der Waals surface area contributed by atoms with Crippen molar-refractivity contribution in [2.75, 3.05) is 29.9 Å². The lowest BCUT2D eigenvalue weighted by molar-refractivity contribution is -0.136. The minimum atomic E-state index is -1.03.